The number of amides is 4. The monoisotopic (exact) mass is 392 g/mol. The number of aliphatic imine (C=N–C) groups is 1. The Kier molecular flexibility index (Phi) is 7.11. The maximum atomic E-state index is 12.7. The van der Waals surface area contributed by atoms with E-state index in [-0.39, 0.29) is 37.0 Å². The second-order valence-corrected chi connectivity index (χ2v) is 7.71. The summed E-state index contributed by atoms with van der Waals surface area (Å²) in [6.07, 6.45) is 6.54. The van der Waals surface area contributed by atoms with Gasteiger partial charge in [-0.05, 0) is 26.2 Å². The van der Waals surface area contributed by atoms with E-state index in [0.717, 1.165) is 25.8 Å². The van der Waals surface area contributed by atoms with Crippen LogP contribution in [0.4, 0.5) is 4.79 Å². The molecule has 0 aromatic heterocycles. The number of nitrogens with one attached hydrogen (secondary N) is 3. The first kappa shape index (κ1) is 20.4. The van der Waals surface area contributed by atoms with E-state index in [4.69, 9.17) is 0 Å². The van der Waals surface area contributed by atoms with E-state index in [1.165, 1.54) is 24.2 Å². The van der Waals surface area contributed by atoms with Gasteiger partial charge in [-0.3, -0.25) is 19.5 Å². The van der Waals surface area contributed by atoms with Crippen LogP contribution >= 0.6 is 0 Å². The highest BCUT2D eigenvalue weighted by Crippen LogP contribution is 2.26. The topological polar surface area (TPSA) is 106 Å². The van der Waals surface area contributed by atoms with Crippen molar-refractivity contribution in [3.05, 3.63) is 0 Å². The van der Waals surface area contributed by atoms with Crippen LogP contribution < -0.4 is 16.0 Å². The van der Waals surface area contributed by atoms with Gasteiger partial charge in [-0.1, -0.05) is 19.3 Å². The first-order chi connectivity index (χ1) is 13.6. The largest absolute Gasteiger partial charge is 0.357 e. The number of carbonyl (C=O) groups is 3. The highest BCUT2D eigenvalue weighted by atomic mass is 16.2. The molecule has 9 nitrogen and oxygen atoms in total. The Morgan fingerprint density at radius 3 is 2.68 bits per heavy atom. The number of carbonyl (C=O) groups excluding carboxylic acids is 3. The lowest BCUT2D eigenvalue weighted by molar-refractivity contribution is -0.135. The van der Waals surface area contributed by atoms with Crippen molar-refractivity contribution in [2.24, 2.45) is 10.9 Å². The van der Waals surface area contributed by atoms with Gasteiger partial charge in [0.25, 0.3) is 0 Å². The summed E-state index contributed by atoms with van der Waals surface area (Å²) in [5, 5.41) is 9.09. The number of urea groups is 1. The van der Waals surface area contributed by atoms with Gasteiger partial charge in [-0.25, -0.2) is 4.79 Å². The quantitative estimate of drug-likeness (QED) is 0.342. The van der Waals surface area contributed by atoms with Crippen molar-refractivity contribution in [3.8, 4) is 0 Å². The van der Waals surface area contributed by atoms with Crippen LogP contribution in [0.25, 0.3) is 0 Å². The molecule has 9 heteroatoms. The zero-order valence-corrected chi connectivity index (χ0v) is 16.7. The van der Waals surface area contributed by atoms with E-state index in [1.54, 1.807) is 0 Å². The number of guanidine groups is 1. The van der Waals surface area contributed by atoms with Crippen LogP contribution in [0, 0.1) is 5.92 Å². The van der Waals surface area contributed by atoms with E-state index < -0.39 is 0 Å². The van der Waals surface area contributed by atoms with Gasteiger partial charge in [-0.2, -0.15) is 0 Å². The maximum absolute atomic E-state index is 12.7. The summed E-state index contributed by atoms with van der Waals surface area (Å²) in [5.74, 6) is 0.959. The number of imide groups is 1. The highest BCUT2D eigenvalue weighted by Gasteiger charge is 2.32. The molecule has 1 saturated carbocycles. The Balaban J connectivity index is 1.47. The molecule has 3 aliphatic rings. The Morgan fingerprint density at radius 2 is 2.00 bits per heavy atom. The van der Waals surface area contributed by atoms with Crippen molar-refractivity contribution in [1.29, 1.82) is 0 Å². The molecule has 1 atom stereocenters. The molecule has 0 bridgehead atoms. The minimum Gasteiger partial charge on any atom is -0.357 e. The lowest BCUT2D eigenvalue weighted by atomic mass is 9.88. The second kappa shape index (κ2) is 9.75. The molecule has 0 aromatic carbocycles. The van der Waals surface area contributed by atoms with Gasteiger partial charge in [0.2, 0.25) is 11.8 Å². The second-order valence-electron chi connectivity index (χ2n) is 7.71. The molecule has 2 aliphatic heterocycles. The molecule has 3 N–H and O–H groups in total. The molecular formula is C19H32N6O3. The molecule has 2 saturated heterocycles. The Morgan fingerprint density at radius 1 is 1.21 bits per heavy atom. The van der Waals surface area contributed by atoms with Gasteiger partial charge >= 0.3 is 6.03 Å². The SMILES string of the molecule is CCNC(=NCCN1C(=O)CNC1=O)NC1CCN(C(=O)C2CCCCC2)C1. The molecule has 1 unspecified atom stereocenters. The predicted octanol–water partition coefficient (Wildman–Crippen LogP) is 0.275. The van der Waals surface area contributed by atoms with E-state index in [1.807, 2.05) is 11.8 Å². The Bertz CT molecular complexity index is 601. The molecule has 0 radical (unpaired) electrons. The van der Waals surface area contributed by atoms with Crippen LogP contribution in [-0.4, -0.2) is 78.9 Å². The standard InChI is InChI=1S/C19H32N6O3/c1-2-20-18(21-9-11-25-16(26)12-22-19(25)28)23-15-8-10-24(13-15)17(27)14-6-4-3-5-7-14/h14-15H,2-13H2,1H3,(H,22,28)(H2,20,21,23). The van der Waals surface area contributed by atoms with Crippen molar-refractivity contribution < 1.29 is 14.4 Å². The van der Waals surface area contributed by atoms with Crippen molar-refractivity contribution in [1.82, 2.24) is 25.8 Å². The summed E-state index contributed by atoms with van der Waals surface area (Å²) < 4.78 is 0. The van der Waals surface area contributed by atoms with Crippen LogP contribution in [0.3, 0.4) is 0 Å². The van der Waals surface area contributed by atoms with Crippen LogP contribution in [0.1, 0.15) is 45.4 Å². The lowest BCUT2D eigenvalue weighted by Crippen LogP contribution is -2.46. The average Bonchev–Trinajstić information content (AvgIpc) is 3.29. The minimum atomic E-state index is -0.356. The Hall–Kier alpha value is -2.32. The van der Waals surface area contributed by atoms with E-state index in [2.05, 4.69) is 20.9 Å². The number of nitrogens with zero attached hydrogens (tertiary/aromatic N) is 3. The van der Waals surface area contributed by atoms with Crippen molar-refractivity contribution in [3.63, 3.8) is 0 Å². The molecule has 0 aromatic rings. The first-order valence-electron chi connectivity index (χ1n) is 10.5. The third-order valence-corrected chi connectivity index (χ3v) is 5.67. The zero-order chi connectivity index (χ0) is 19.9. The molecule has 4 amide bonds. The molecule has 0 spiro atoms. The van der Waals surface area contributed by atoms with Gasteiger partial charge in [0.05, 0.1) is 19.6 Å². The summed E-state index contributed by atoms with van der Waals surface area (Å²) >= 11 is 0. The fraction of sp³-hybridized carbons (Fsp3) is 0.789. The van der Waals surface area contributed by atoms with Gasteiger partial charge in [-0.15, -0.1) is 0 Å². The van der Waals surface area contributed by atoms with Gasteiger partial charge in [0.1, 0.15) is 0 Å². The van der Waals surface area contributed by atoms with Crippen LogP contribution in [-0.2, 0) is 9.59 Å². The molecule has 3 fully saturated rings. The predicted molar refractivity (Wildman–Crippen MR) is 106 cm³/mol. The first-order valence-corrected chi connectivity index (χ1v) is 10.5. The summed E-state index contributed by atoms with van der Waals surface area (Å²) in [4.78, 5) is 43.6. The number of rotatable bonds is 6. The van der Waals surface area contributed by atoms with Crippen LogP contribution in [0.2, 0.25) is 0 Å². The fourth-order valence-corrected chi connectivity index (χ4v) is 4.14. The molecular weight excluding hydrogens is 360 g/mol. The van der Waals surface area contributed by atoms with Gasteiger partial charge in [0, 0.05) is 31.6 Å². The number of likely N-dealkylation sites (tertiary alicyclic amines) is 1. The van der Waals surface area contributed by atoms with Gasteiger partial charge in [0.15, 0.2) is 5.96 Å². The van der Waals surface area contributed by atoms with Crippen molar-refractivity contribution in [2.75, 3.05) is 39.3 Å². The normalized spacial score (nSPS) is 23.9. The summed E-state index contributed by atoms with van der Waals surface area (Å²) in [6.45, 7) is 4.86. The minimum absolute atomic E-state index is 0.0633. The molecule has 1 aliphatic carbocycles. The third kappa shape index (κ3) is 5.14. The maximum Gasteiger partial charge on any atom is 0.324 e. The summed E-state index contributed by atoms with van der Waals surface area (Å²) in [7, 11) is 0. The molecule has 2 heterocycles. The van der Waals surface area contributed by atoms with Crippen LogP contribution in [0.5, 0.6) is 0 Å². The van der Waals surface area contributed by atoms with E-state index in [0.29, 0.717) is 31.5 Å². The average molecular weight is 393 g/mol. The smallest absolute Gasteiger partial charge is 0.324 e. The van der Waals surface area contributed by atoms with E-state index in [9.17, 15) is 14.4 Å². The van der Waals surface area contributed by atoms with Crippen molar-refractivity contribution in [2.45, 2.75) is 51.5 Å². The van der Waals surface area contributed by atoms with Crippen LogP contribution in [0.15, 0.2) is 4.99 Å². The van der Waals surface area contributed by atoms with Gasteiger partial charge < -0.3 is 20.9 Å². The van der Waals surface area contributed by atoms with Crippen molar-refractivity contribution >= 4 is 23.8 Å². The highest BCUT2D eigenvalue weighted by molar-refractivity contribution is 6.01. The number of hydrogen-bond acceptors (Lipinski definition) is 4. The number of hydrogen-bond donors (Lipinski definition) is 3. The van der Waals surface area contributed by atoms with E-state index >= 15 is 0 Å². The zero-order valence-electron chi connectivity index (χ0n) is 16.7. The lowest BCUT2D eigenvalue weighted by Gasteiger charge is -2.26. The molecule has 3 rings (SSSR count). The molecule has 28 heavy (non-hydrogen) atoms. The summed E-state index contributed by atoms with van der Waals surface area (Å²) in [5.41, 5.74) is 0. The third-order valence-electron chi connectivity index (χ3n) is 5.67. The fourth-order valence-electron chi connectivity index (χ4n) is 4.14. The Labute approximate surface area is 166 Å². The molecule has 156 valence electrons. The summed E-state index contributed by atoms with van der Waals surface area (Å²) in [6, 6.07) is -0.187.